The largest absolute Gasteiger partial charge is 0.497 e. The van der Waals surface area contributed by atoms with Crippen molar-refractivity contribution in [1.29, 1.82) is 0 Å². The first-order valence-corrected chi connectivity index (χ1v) is 9.89. The Kier molecular flexibility index (Phi) is 5.10. The molecule has 0 radical (unpaired) electrons. The third-order valence-electron chi connectivity index (χ3n) is 4.85. The molecule has 2 saturated heterocycles. The average molecular weight is 352 g/mol. The molecule has 0 aromatic heterocycles. The van der Waals surface area contributed by atoms with Crippen molar-refractivity contribution in [3.63, 3.8) is 0 Å². The summed E-state index contributed by atoms with van der Waals surface area (Å²) in [5.41, 5.74) is 0. The van der Waals surface area contributed by atoms with Crippen LogP contribution < -0.4 is 4.74 Å². The molecule has 0 spiro atoms. The molecule has 0 N–H and O–H groups in total. The summed E-state index contributed by atoms with van der Waals surface area (Å²) in [7, 11) is -2.03. The number of hydrogen-bond donors (Lipinski definition) is 0. The first-order valence-electron chi connectivity index (χ1n) is 8.45. The fraction of sp³-hybridized carbons (Fsp3) is 0.588. The van der Waals surface area contributed by atoms with Gasteiger partial charge in [-0.15, -0.1) is 0 Å². The van der Waals surface area contributed by atoms with Crippen LogP contribution in [-0.2, 0) is 14.8 Å². The molecule has 0 unspecified atom stereocenters. The van der Waals surface area contributed by atoms with Gasteiger partial charge in [0.2, 0.25) is 15.9 Å². The van der Waals surface area contributed by atoms with Crippen molar-refractivity contribution in [2.75, 3.05) is 33.3 Å². The molecule has 3 rings (SSSR count). The maximum atomic E-state index is 12.8. The van der Waals surface area contributed by atoms with E-state index in [9.17, 15) is 13.2 Å². The van der Waals surface area contributed by atoms with Gasteiger partial charge in [0.15, 0.2) is 0 Å². The number of rotatable bonds is 4. The number of nitrogens with zero attached hydrogens (tertiary/aromatic N) is 2. The Hall–Kier alpha value is -1.60. The zero-order valence-corrected chi connectivity index (χ0v) is 14.8. The van der Waals surface area contributed by atoms with E-state index in [1.165, 1.54) is 4.31 Å². The molecule has 1 atom stereocenters. The number of likely N-dealkylation sites (tertiary alicyclic amines) is 1. The van der Waals surface area contributed by atoms with Crippen LogP contribution in [0.3, 0.4) is 0 Å². The van der Waals surface area contributed by atoms with Gasteiger partial charge in [-0.2, -0.15) is 4.31 Å². The molecule has 24 heavy (non-hydrogen) atoms. The molecule has 1 aromatic carbocycles. The zero-order chi connectivity index (χ0) is 17.2. The van der Waals surface area contributed by atoms with Crippen molar-refractivity contribution >= 4 is 15.9 Å². The predicted molar refractivity (Wildman–Crippen MR) is 90.3 cm³/mol. The van der Waals surface area contributed by atoms with Gasteiger partial charge in [0.05, 0.1) is 17.9 Å². The third kappa shape index (κ3) is 3.42. The van der Waals surface area contributed by atoms with Crippen LogP contribution in [0.2, 0.25) is 0 Å². The Morgan fingerprint density at radius 1 is 1.08 bits per heavy atom. The summed E-state index contributed by atoms with van der Waals surface area (Å²) in [5, 5.41) is 0. The predicted octanol–water partition coefficient (Wildman–Crippen LogP) is 1.72. The standard InChI is InChI=1S/C17H24N2O4S/c1-23-15-6-8-16(9-7-15)24(21,22)19-12-4-5-14(13-19)17(20)18-10-2-3-11-18/h6-9,14H,2-5,10-13H2,1H3/t14-/m1/s1. The van der Waals surface area contributed by atoms with E-state index in [1.54, 1.807) is 31.4 Å². The minimum absolute atomic E-state index is 0.113. The van der Waals surface area contributed by atoms with E-state index >= 15 is 0 Å². The van der Waals surface area contributed by atoms with Crippen molar-refractivity contribution in [3.05, 3.63) is 24.3 Å². The second-order valence-electron chi connectivity index (χ2n) is 6.41. The molecular formula is C17H24N2O4S. The highest BCUT2D eigenvalue weighted by atomic mass is 32.2. The van der Waals surface area contributed by atoms with E-state index < -0.39 is 10.0 Å². The Bertz CT molecular complexity index is 681. The Morgan fingerprint density at radius 3 is 2.38 bits per heavy atom. The lowest BCUT2D eigenvalue weighted by atomic mass is 9.98. The van der Waals surface area contributed by atoms with E-state index in [0.717, 1.165) is 38.8 Å². The lowest BCUT2D eigenvalue weighted by molar-refractivity contribution is -0.135. The molecule has 7 heteroatoms. The molecular weight excluding hydrogens is 328 g/mol. The lowest BCUT2D eigenvalue weighted by Gasteiger charge is -2.33. The summed E-state index contributed by atoms with van der Waals surface area (Å²) in [6, 6.07) is 6.40. The Labute approximate surface area is 143 Å². The minimum atomic E-state index is -3.57. The van der Waals surface area contributed by atoms with Crippen molar-refractivity contribution in [3.8, 4) is 5.75 Å². The molecule has 1 amide bonds. The van der Waals surface area contributed by atoms with Gasteiger partial charge in [0, 0.05) is 26.2 Å². The van der Waals surface area contributed by atoms with Gasteiger partial charge in [-0.1, -0.05) is 0 Å². The zero-order valence-electron chi connectivity index (χ0n) is 14.0. The third-order valence-corrected chi connectivity index (χ3v) is 6.73. The first-order chi connectivity index (χ1) is 11.5. The molecule has 2 aliphatic rings. The van der Waals surface area contributed by atoms with Crippen molar-refractivity contribution in [2.45, 2.75) is 30.6 Å². The lowest BCUT2D eigenvalue weighted by Crippen LogP contribution is -2.46. The number of hydrogen-bond acceptors (Lipinski definition) is 4. The van der Waals surface area contributed by atoms with Gasteiger partial charge < -0.3 is 9.64 Å². The smallest absolute Gasteiger partial charge is 0.243 e. The number of carbonyl (C=O) groups is 1. The molecule has 0 aliphatic carbocycles. The minimum Gasteiger partial charge on any atom is -0.497 e. The SMILES string of the molecule is COc1ccc(S(=O)(=O)N2CCC[C@@H](C(=O)N3CCCC3)C2)cc1. The average Bonchev–Trinajstić information content (AvgIpc) is 3.16. The van der Waals surface area contributed by atoms with Gasteiger partial charge >= 0.3 is 0 Å². The normalized spacial score (nSPS) is 22.5. The van der Waals surface area contributed by atoms with Crippen LogP contribution in [0.5, 0.6) is 5.75 Å². The summed E-state index contributed by atoms with van der Waals surface area (Å²) in [6.45, 7) is 2.36. The van der Waals surface area contributed by atoms with Crippen LogP contribution in [0.15, 0.2) is 29.2 Å². The Balaban J connectivity index is 1.73. The van der Waals surface area contributed by atoms with E-state index in [4.69, 9.17) is 4.74 Å². The number of piperidine rings is 1. The number of amides is 1. The molecule has 2 heterocycles. The topological polar surface area (TPSA) is 66.9 Å². The van der Waals surface area contributed by atoms with Gasteiger partial charge in [0.25, 0.3) is 0 Å². The van der Waals surface area contributed by atoms with Crippen LogP contribution in [0.4, 0.5) is 0 Å². The summed E-state index contributed by atoms with van der Waals surface area (Å²) < 4.78 is 32.2. The number of ether oxygens (including phenoxy) is 1. The highest BCUT2D eigenvalue weighted by molar-refractivity contribution is 7.89. The highest BCUT2D eigenvalue weighted by Gasteiger charge is 2.35. The molecule has 1 aromatic rings. The molecule has 2 fully saturated rings. The Morgan fingerprint density at radius 2 is 1.75 bits per heavy atom. The van der Waals surface area contributed by atoms with Crippen LogP contribution in [0.25, 0.3) is 0 Å². The maximum Gasteiger partial charge on any atom is 0.243 e. The summed E-state index contributed by atoms with van der Waals surface area (Å²) in [5.74, 6) is 0.515. The van der Waals surface area contributed by atoms with Crippen molar-refractivity contribution < 1.29 is 17.9 Å². The molecule has 0 bridgehead atoms. The summed E-state index contributed by atoms with van der Waals surface area (Å²) >= 11 is 0. The van der Waals surface area contributed by atoms with E-state index in [-0.39, 0.29) is 23.3 Å². The summed E-state index contributed by atoms with van der Waals surface area (Å²) in [6.07, 6.45) is 3.59. The molecule has 6 nitrogen and oxygen atoms in total. The fourth-order valence-electron chi connectivity index (χ4n) is 3.45. The maximum absolute atomic E-state index is 12.8. The van der Waals surface area contributed by atoms with Crippen molar-refractivity contribution in [1.82, 2.24) is 9.21 Å². The van der Waals surface area contributed by atoms with Gasteiger partial charge in [-0.25, -0.2) is 8.42 Å². The van der Waals surface area contributed by atoms with E-state index in [1.807, 2.05) is 4.90 Å². The molecule has 0 saturated carbocycles. The number of carbonyl (C=O) groups excluding carboxylic acids is 1. The van der Waals surface area contributed by atoms with Crippen LogP contribution in [0.1, 0.15) is 25.7 Å². The van der Waals surface area contributed by atoms with Gasteiger partial charge in [0.1, 0.15) is 5.75 Å². The van der Waals surface area contributed by atoms with Crippen LogP contribution in [-0.4, -0.2) is 56.8 Å². The second-order valence-corrected chi connectivity index (χ2v) is 8.35. The van der Waals surface area contributed by atoms with Gasteiger partial charge in [-0.3, -0.25) is 4.79 Å². The number of benzene rings is 1. The fourth-order valence-corrected chi connectivity index (χ4v) is 4.98. The second kappa shape index (κ2) is 7.11. The number of methoxy groups -OCH3 is 1. The van der Waals surface area contributed by atoms with Gasteiger partial charge in [-0.05, 0) is 49.9 Å². The van der Waals surface area contributed by atoms with E-state index in [0.29, 0.717) is 12.3 Å². The molecule has 132 valence electrons. The monoisotopic (exact) mass is 352 g/mol. The molecule has 2 aliphatic heterocycles. The van der Waals surface area contributed by atoms with E-state index in [2.05, 4.69) is 0 Å². The quantitative estimate of drug-likeness (QED) is 0.827. The summed E-state index contributed by atoms with van der Waals surface area (Å²) in [4.78, 5) is 14.7. The highest BCUT2D eigenvalue weighted by Crippen LogP contribution is 2.27. The van der Waals surface area contributed by atoms with Crippen LogP contribution in [0, 0.1) is 5.92 Å². The van der Waals surface area contributed by atoms with Crippen LogP contribution >= 0.6 is 0 Å². The van der Waals surface area contributed by atoms with Crippen molar-refractivity contribution in [2.24, 2.45) is 5.92 Å². The first kappa shape index (κ1) is 17.2. The number of sulfonamides is 1.